The van der Waals surface area contributed by atoms with Crippen LogP contribution < -0.4 is 0 Å². The van der Waals surface area contributed by atoms with Gasteiger partial charge in [0.05, 0.1) is 4.92 Å². The van der Waals surface area contributed by atoms with Crippen molar-refractivity contribution in [1.82, 2.24) is 0 Å². The molecule has 0 N–H and O–H groups in total. The average molecular weight is 255 g/mol. The predicted molar refractivity (Wildman–Crippen MR) is 61.5 cm³/mol. The molecule has 3 nitrogen and oxygen atoms in total. The van der Waals surface area contributed by atoms with E-state index in [0.717, 1.165) is 4.90 Å². The second-order valence-electron chi connectivity index (χ2n) is 2.91. The molecule has 82 valence electrons. The Labute approximate surface area is 99.1 Å². The smallest absolute Gasteiger partial charge is 0.258 e. The van der Waals surface area contributed by atoms with Gasteiger partial charge in [0.1, 0.15) is 10.0 Å². The monoisotopic (exact) mass is 255 g/mol. The normalized spacial score (nSPS) is 10.3. The Balaban J connectivity index is 2.23. The molecule has 0 spiro atoms. The number of nitro groups is 1. The molecule has 0 saturated carbocycles. The summed E-state index contributed by atoms with van der Waals surface area (Å²) in [5, 5.41) is 12.3. The average Bonchev–Trinajstić information content (AvgIpc) is 2.69. The van der Waals surface area contributed by atoms with Crippen LogP contribution in [-0.2, 0) is 0 Å². The summed E-state index contributed by atoms with van der Waals surface area (Å²) < 4.78 is 13.3. The standard InChI is InChI=1S/C10H6FNO2S2/c11-7-1-3-8(4-2-7)16-10-9(12(13)14)5-6-15-10/h1-6H. The number of hydrogen-bond acceptors (Lipinski definition) is 4. The third kappa shape index (κ3) is 2.40. The molecule has 16 heavy (non-hydrogen) atoms. The molecule has 1 heterocycles. The first-order valence-corrected chi connectivity index (χ1v) is 6.02. The molecule has 0 atom stereocenters. The Morgan fingerprint density at radius 1 is 1.25 bits per heavy atom. The van der Waals surface area contributed by atoms with E-state index in [9.17, 15) is 14.5 Å². The first-order chi connectivity index (χ1) is 7.66. The summed E-state index contributed by atoms with van der Waals surface area (Å²) in [5.41, 5.74) is 0.0966. The summed E-state index contributed by atoms with van der Waals surface area (Å²) in [6.07, 6.45) is 0. The summed E-state index contributed by atoms with van der Waals surface area (Å²) in [5.74, 6) is -0.315. The molecule has 0 saturated heterocycles. The van der Waals surface area contributed by atoms with Crippen molar-refractivity contribution in [2.75, 3.05) is 0 Å². The van der Waals surface area contributed by atoms with Gasteiger partial charge in [-0.2, -0.15) is 0 Å². The lowest BCUT2D eigenvalue weighted by atomic mass is 10.4. The lowest BCUT2D eigenvalue weighted by molar-refractivity contribution is -0.387. The second kappa shape index (κ2) is 4.63. The first-order valence-electron chi connectivity index (χ1n) is 4.32. The number of benzene rings is 1. The molecule has 2 aromatic rings. The molecule has 0 aliphatic carbocycles. The predicted octanol–water partition coefficient (Wildman–Crippen LogP) is 3.95. The maximum atomic E-state index is 12.7. The fourth-order valence-corrected chi connectivity index (χ4v) is 3.08. The molecule has 0 aliphatic heterocycles. The maximum absolute atomic E-state index is 12.7. The zero-order valence-corrected chi connectivity index (χ0v) is 9.56. The van der Waals surface area contributed by atoms with Gasteiger partial charge in [0.25, 0.3) is 5.69 Å². The Kier molecular flexibility index (Phi) is 3.21. The SMILES string of the molecule is O=[N+]([O-])c1ccsc1Sc1ccc(F)cc1. The minimum Gasteiger partial charge on any atom is -0.258 e. The van der Waals surface area contributed by atoms with Crippen LogP contribution in [0.3, 0.4) is 0 Å². The van der Waals surface area contributed by atoms with E-state index >= 15 is 0 Å². The van der Waals surface area contributed by atoms with Crippen LogP contribution in [0, 0.1) is 15.9 Å². The van der Waals surface area contributed by atoms with Gasteiger partial charge in [0.2, 0.25) is 0 Å². The largest absolute Gasteiger partial charge is 0.294 e. The zero-order valence-electron chi connectivity index (χ0n) is 7.92. The fraction of sp³-hybridized carbons (Fsp3) is 0. The first kappa shape index (κ1) is 11.1. The molecule has 6 heteroatoms. The van der Waals surface area contributed by atoms with E-state index in [4.69, 9.17) is 0 Å². The minimum atomic E-state index is -0.414. The van der Waals surface area contributed by atoms with Crippen molar-refractivity contribution in [3.8, 4) is 0 Å². The fourth-order valence-electron chi connectivity index (χ4n) is 1.11. The molecule has 1 aromatic carbocycles. The highest BCUT2D eigenvalue weighted by atomic mass is 32.2. The van der Waals surface area contributed by atoms with Gasteiger partial charge in [-0.25, -0.2) is 4.39 Å². The number of rotatable bonds is 3. The van der Waals surface area contributed by atoms with Crippen LogP contribution in [0.25, 0.3) is 0 Å². The quantitative estimate of drug-likeness (QED) is 0.616. The maximum Gasteiger partial charge on any atom is 0.294 e. The number of hydrogen-bond donors (Lipinski definition) is 0. The second-order valence-corrected chi connectivity index (χ2v) is 5.16. The molecule has 1 aromatic heterocycles. The van der Waals surface area contributed by atoms with Crippen molar-refractivity contribution >= 4 is 28.8 Å². The molecular weight excluding hydrogens is 249 g/mol. The van der Waals surface area contributed by atoms with Gasteiger partial charge in [0, 0.05) is 11.0 Å². The van der Waals surface area contributed by atoms with Gasteiger partial charge < -0.3 is 0 Å². The van der Waals surface area contributed by atoms with E-state index < -0.39 is 4.92 Å². The Morgan fingerprint density at radius 3 is 2.56 bits per heavy atom. The molecular formula is C10H6FNO2S2. The van der Waals surface area contributed by atoms with Gasteiger partial charge >= 0.3 is 0 Å². The van der Waals surface area contributed by atoms with Crippen molar-refractivity contribution in [2.24, 2.45) is 0 Å². The van der Waals surface area contributed by atoms with Crippen LogP contribution in [-0.4, -0.2) is 4.92 Å². The van der Waals surface area contributed by atoms with E-state index in [0.29, 0.717) is 4.21 Å². The van der Waals surface area contributed by atoms with Crippen molar-refractivity contribution in [3.63, 3.8) is 0 Å². The van der Waals surface area contributed by atoms with Crippen LogP contribution in [0.5, 0.6) is 0 Å². The van der Waals surface area contributed by atoms with E-state index in [1.54, 1.807) is 17.5 Å². The van der Waals surface area contributed by atoms with E-state index in [-0.39, 0.29) is 11.5 Å². The van der Waals surface area contributed by atoms with Crippen LogP contribution in [0.1, 0.15) is 0 Å². The highest BCUT2D eigenvalue weighted by Gasteiger charge is 2.15. The van der Waals surface area contributed by atoms with Gasteiger partial charge in [0.15, 0.2) is 0 Å². The molecule has 0 fully saturated rings. The molecule has 0 radical (unpaired) electrons. The Hall–Kier alpha value is -1.40. The van der Waals surface area contributed by atoms with Crippen LogP contribution >= 0.6 is 23.1 Å². The molecule has 0 unspecified atom stereocenters. The van der Waals surface area contributed by atoms with Crippen LogP contribution in [0.2, 0.25) is 0 Å². The molecule has 2 rings (SSSR count). The Bertz CT molecular complexity index is 510. The van der Waals surface area contributed by atoms with Crippen LogP contribution in [0.4, 0.5) is 10.1 Å². The van der Waals surface area contributed by atoms with Crippen molar-refractivity contribution in [2.45, 2.75) is 9.10 Å². The zero-order chi connectivity index (χ0) is 11.5. The molecule has 0 amide bonds. The highest BCUT2D eigenvalue weighted by Crippen LogP contribution is 2.38. The minimum absolute atomic E-state index is 0.0966. The van der Waals surface area contributed by atoms with E-state index in [2.05, 4.69) is 0 Å². The summed E-state index contributed by atoms with van der Waals surface area (Å²) >= 11 is 2.57. The number of halogens is 1. The van der Waals surface area contributed by atoms with Crippen molar-refractivity contribution < 1.29 is 9.31 Å². The lowest BCUT2D eigenvalue weighted by Gasteiger charge is -1.98. The third-order valence-corrected chi connectivity index (χ3v) is 3.97. The van der Waals surface area contributed by atoms with E-state index in [1.807, 2.05) is 0 Å². The summed E-state index contributed by atoms with van der Waals surface area (Å²) in [6, 6.07) is 7.34. The van der Waals surface area contributed by atoms with Crippen molar-refractivity contribution in [1.29, 1.82) is 0 Å². The van der Waals surface area contributed by atoms with Crippen molar-refractivity contribution in [3.05, 3.63) is 51.6 Å². The summed E-state index contributed by atoms with van der Waals surface area (Å²) in [7, 11) is 0. The highest BCUT2D eigenvalue weighted by molar-refractivity contribution is 8.01. The topological polar surface area (TPSA) is 43.1 Å². The van der Waals surface area contributed by atoms with Crippen LogP contribution in [0.15, 0.2) is 44.8 Å². The third-order valence-electron chi connectivity index (χ3n) is 1.83. The molecule has 0 aliphatic rings. The van der Waals surface area contributed by atoms with Gasteiger partial charge in [-0.05, 0) is 29.6 Å². The molecule has 0 bridgehead atoms. The van der Waals surface area contributed by atoms with Gasteiger partial charge in [-0.15, -0.1) is 11.3 Å². The number of thiophene rings is 1. The summed E-state index contributed by atoms with van der Waals surface area (Å²) in [4.78, 5) is 11.0. The Morgan fingerprint density at radius 2 is 1.94 bits per heavy atom. The van der Waals surface area contributed by atoms with Gasteiger partial charge in [-0.3, -0.25) is 10.1 Å². The van der Waals surface area contributed by atoms with Gasteiger partial charge in [-0.1, -0.05) is 11.8 Å². The number of nitrogens with zero attached hydrogens (tertiary/aromatic N) is 1. The van der Waals surface area contributed by atoms with E-state index in [1.165, 1.54) is 41.3 Å². The summed E-state index contributed by atoms with van der Waals surface area (Å²) in [6.45, 7) is 0. The lowest BCUT2D eigenvalue weighted by Crippen LogP contribution is -1.85.